The van der Waals surface area contributed by atoms with Gasteiger partial charge >= 0.3 is 0 Å². The van der Waals surface area contributed by atoms with Crippen molar-refractivity contribution in [3.8, 4) is 0 Å². The number of alkyl halides is 1. The first kappa shape index (κ1) is 15.1. The van der Waals surface area contributed by atoms with E-state index in [1.807, 2.05) is 13.8 Å². The molecule has 102 valence electrons. The van der Waals surface area contributed by atoms with Gasteiger partial charge in [0.25, 0.3) is 0 Å². The van der Waals surface area contributed by atoms with E-state index in [9.17, 15) is 4.79 Å². The molecule has 3 nitrogen and oxygen atoms in total. The number of nitrogens with one attached hydrogen (secondary N) is 1. The summed E-state index contributed by atoms with van der Waals surface area (Å²) in [5.74, 6) is 0.926. The van der Waals surface area contributed by atoms with Gasteiger partial charge in [0.15, 0.2) is 0 Å². The molecule has 0 spiro atoms. The van der Waals surface area contributed by atoms with E-state index in [1.165, 1.54) is 11.1 Å². The largest absolute Gasteiger partial charge is 0.491 e. The maximum atomic E-state index is 11.2. The van der Waals surface area contributed by atoms with Crippen molar-refractivity contribution in [3.63, 3.8) is 0 Å². The Kier molecular flexibility index (Phi) is 6.27. The standard InChI is InChI=1S/C12H16ClNO2.C2H6/c1-8-3-2-4-9-5-10(7-16-12(8)9)14-11(15)6-13;1-2/h4,10H,2-3,5-7H2,1H3,(H,14,15);1-2H3. The van der Waals surface area contributed by atoms with Crippen LogP contribution in [0.4, 0.5) is 0 Å². The first-order valence-corrected chi connectivity index (χ1v) is 7.11. The van der Waals surface area contributed by atoms with E-state index >= 15 is 0 Å². The van der Waals surface area contributed by atoms with Crippen LogP contribution in [0, 0.1) is 0 Å². The molecular weight excluding hydrogens is 250 g/mol. The zero-order valence-corrected chi connectivity index (χ0v) is 12.1. The highest BCUT2D eigenvalue weighted by Gasteiger charge is 2.25. The third-order valence-corrected chi connectivity index (χ3v) is 3.21. The molecule has 0 aromatic heterocycles. The average molecular weight is 272 g/mol. The highest BCUT2D eigenvalue weighted by atomic mass is 35.5. The normalized spacial score (nSPS) is 22.0. The van der Waals surface area contributed by atoms with Crippen molar-refractivity contribution in [3.05, 3.63) is 23.0 Å². The van der Waals surface area contributed by atoms with Crippen LogP contribution >= 0.6 is 11.6 Å². The van der Waals surface area contributed by atoms with E-state index < -0.39 is 0 Å². The topological polar surface area (TPSA) is 38.3 Å². The highest BCUT2D eigenvalue weighted by Crippen LogP contribution is 2.32. The first-order valence-electron chi connectivity index (χ1n) is 6.58. The Morgan fingerprint density at radius 3 is 2.94 bits per heavy atom. The van der Waals surface area contributed by atoms with Crippen LogP contribution in [-0.2, 0) is 9.53 Å². The van der Waals surface area contributed by atoms with Crippen LogP contribution in [0.2, 0.25) is 0 Å². The molecule has 1 amide bonds. The molecule has 0 radical (unpaired) electrons. The first-order chi connectivity index (χ1) is 8.70. The van der Waals surface area contributed by atoms with Crippen molar-refractivity contribution in [2.24, 2.45) is 0 Å². The van der Waals surface area contributed by atoms with Crippen molar-refractivity contribution < 1.29 is 9.53 Å². The van der Waals surface area contributed by atoms with Crippen LogP contribution in [0.25, 0.3) is 0 Å². The SMILES string of the molecule is CC.CC1=C2OCC(NC(=O)CCl)CC2=CCC1. The summed E-state index contributed by atoms with van der Waals surface area (Å²) in [5.41, 5.74) is 2.55. The summed E-state index contributed by atoms with van der Waals surface area (Å²) in [7, 11) is 0. The monoisotopic (exact) mass is 271 g/mol. The van der Waals surface area contributed by atoms with Gasteiger partial charge in [0.05, 0.1) is 6.04 Å². The maximum Gasteiger partial charge on any atom is 0.235 e. The van der Waals surface area contributed by atoms with Crippen LogP contribution in [-0.4, -0.2) is 24.4 Å². The molecule has 1 aliphatic carbocycles. The van der Waals surface area contributed by atoms with Gasteiger partial charge < -0.3 is 10.1 Å². The molecule has 4 heteroatoms. The predicted octanol–water partition coefficient (Wildman–Crippen LogP) is 3.15. The van der Waals surface area contributed by atoms with Crippen molar-refractivity contribution in [2.45, 2.75) is 46.1 Å². The van der Waals surface area contributed by atoms with Crippen LogP contribution in [0.1, 0.15) is 40.0 Å². The number of carbonyl (C=O) groups is 1. The number of ether oxygens (including phenoxy) is 1. The fraction of sp³-hybridized carbons (Fsp3) is 0.643. The molecule has 0 aromatic carbocycles. The number of hydrogen-bond acceptors (Lipinski definition) is 2. The van der Waals surface area contributed by atoms with Gasteiger partial charge in [0.1, 0.15) is 18.2 Å². The van der Waals surface area contributed by atoms with E-state index in [-0.39, 0.29) is 17.8 Å². The Hall–Kier alpha value is -0.960. The molecule has 0 bridgehead atoms. The minimum absolute atomic E-state index is 0.0112. The Labute approximate surface area is 114 Å². The van der Waals surface area contributed by atoms with E-state index in [1.54, 1.807) is 0 Å². The van der Waals surface area contributed by atoms with Crippen LogP contribution in [0.5, 0.6) is 0 Å². The van der Waals surface area contributed by atoms with Gasteiger partial charge in [0.2, 0.25) is 5.91 Å². The molecule has 0 aromatic rings. The second-order valence-corrected chi connectivity index (χ2v) is 4.56. The number of carbonyl (C=O) groups excluding carboxylic acids is 1. The molecule has 1 saturated heterocycles. The molecular formula is C14H22ClNO2. The molecule has 2 aliphatic rings. The maximum absolute atomic E-state index is 11.2. The fourth-order valence-corrected chi connectivity index (χ4v) is 2.28. The summed E-state index contributed by atoms with van der Waals surface area (Å²) in [6, 6.07) is 0.0622. The number of fused-ring (bicyclic) bond motifs is 1. The van der Waals surface area contributed by atoms with Gasteiger partial charge in [-0.3, -0.25) is 4.79 Å². The third kappa shape index (κ3) is 3.77. The van der Waals surface area contributed by atoms with Gasteiger partial charge in [-0.25, -0.2) is 0 Å². The number of allylic oxidation sites excluding steroid dienone is 3. The summed E-state index contributed by atoms with van der Waals surface area (Å²) in [6.45, 7) is 6.66. The number of halogens is 1. The molecule has 1 atom stereocenters. The molecule has 1 heterocycles. The summed E-state index contributed by atoms with van der Waals surface area (Å²) in [6.07, 6.45) is 5.22. The minimum atomic E-state index is -0.129. The van der Waals surface area contributed by atoms with Crippen molar-refractivity contribution in [1.82, 2.24) is 5.32 Å². The van der Waals surface area contributed by atoms with Gasteiger partial charge in [0, 0.05) is 0 Å². The lowest BCUT2D eigenvalue weighted by Crippen LogP contribution is -2.41. The summed E-state index contributed by atoms with van der Waals surface area (Å²) in [4.78, 5) is 11.2. The smallest absolute Gasteiger partial charge is 0.235 e. The van der Waals surface area contributed by atoms with Gasteiger partial charge in [-0.2, -0.15) is 0 Å². The molecule has 18 heavy (non-hydrogen) atoms. The Bertz CT molecular complexity index is 361. The molecule has 1 N–H and O–H groups in total. The van der Waals surface area contributed by atoms with Crippen molar-refractivity contribution in [1.29, 1.82) is 0 Å². The number of rotatable bonds is 2. The van der Waals surface area contributed by atoms with Gasteiger partial charge in [-0.1, -0.05) is 19.9 Å². The molecule has 2 rings (SSSR count). The highest BCUT2D eigenvalue weighted by molar-refractivity contribution is 6.27. The number of amides is 1. The third-order valence-electron chi connectivity index (χ3n) is 2.97. The minimum Gasteiger partial charge on any atom is -0.491 e. The second-order valence-electron chi connectivity index (χ2n) is 4.29. The number of hydrogen-bond donors (Lipinski definition) is 1. The Balaban J connectivity index is 0.000000771. The van der Waals surface area contributed by atoms with Crippen molar-refractivity contribution in [2.75, 3.05) is 12.5 Å². The fourth-order valence-electron chi connectivity index (χ4n) is 2.20. The Morgan fingerprint density at radius 2 is 2.28 bits per heavy atom. The van der Waals surface area contributed by atoms with Crippen LogP contribution < -0.4 is 5.32 Å². The molecule has 1 aliphatic heterocycles. The summed E-state index contributed by atoms with van der Waals surface area (Å²) in [5, 5.41) is 2.86. The van der Waals surface area contributed by atoms with E-state index in [2.05, 4.69) is 18.3 Å². The molecule has 1 fully saturated rings. The lowest BCUT2D eigenvalue weighted by atomic mass is 9.92. The Morgan fingerprint density at radius 1 is 1.56 bits per heavy atom. The van der Waals surface area contributed by atoms with E-state index in [0.29, 0.717) is 6.61 Å². The van der Waals surface area contributed by atoms with Crippen LogP contribution in [0.3, 0.4) is 0 Å². The summed E-state index contributed by atoms with van der Waals surface area (Å²) >= 11 is 5.45. The van der Waals surface area contributed by atoms with Crippen LogP contribution in [0.15, 0.2) is 23.0 Å². The summed E-state index contributed by atoms with van der Waals surface area (Å²) < 4.78 is 5.71. The lowest BCUT2D eigenvalue weighted by molar-refractivity contribution is -0.119. The zero-order valence-electron chi connectivity index (χ0n) is 11.4. The van der Waals surface area contributed by atoms with E-state index in [0.717, 1.165) is 25.0 Å². The second kappa shape index (κ2) is 7.47. The van der Waals surface area contributed by atoms with Gasteiger partial charge in [-0.05, 0) is 37.3 Å². The zero-order chi connectivity index (χ0) is 13.5. The molecule has 1 unspecified atom stereocenters. The average Bonchev–Trinajstić information content (AvgIpc) is 2.41. The van der Waals surface area contributed by atoms with Gasteiger partial charge in [-0.15, -0.1) is 11.6 Å². The van der Waals surface area contributed by atoms with E-state index in [4.69, 9.17) is 16.3 Å². The lowest BCUT2D eigenvalue weighted by Gasteiger charge is -2.31. The quantitative estimate of drug-likeness (QED) is 0.784. The van der Waals surface area contributed by atoms with Crippen molar-refractivity contribution >= 4 is 17.5 Å². The molecule has 0 saturated carbocycles. The predicted molar refractivity (Wildman–Crippen MR) is 74.6 cm³/mol.